The third-order valence-corrected chi connectivity index (χ3v) is 2.55. The van der Waals surface area contributed by atoms with E-state index in [-0.39, 0.29) is 0 Å². The van der Waals surface area contributed by atoms with Crippen molar-refractivity contribution >= 4 is 22.9 Å². The van der Waals surface area contributed by atoms with E-state index in [1.165, 1.54) is 0 Å². The molecule has 0 fully saturated rings. The SMILES string of the molecule is Cc1cccnc1C(=S)Nc1ccccc1. The average molecular weight is 228 g/mol. The van der Waals surface area contributed by atoms with Crippen LogP contribution in [0.15, 0.2) is 48.7 Å². The lowest BCUT2D eigenvalue weighted by atomic mass is 10.2. The molecule has 0 aliphatic rings. The van der Waals surface area contributed by atoms with Crippen molar-refractivity contribution in [3.05, 3.63) is 59.9 Å². The summed E-state index contributed by atoms with van der Waals surface area (Å²) in [7, 11) is 0. The summed E-state index contributed by atoms with van der Waals surface area (Å²) in [5.41, 5.74) is 2.90. The molecule has 2 rings (SSSR count). The van der Waals surface area contributed by atoms with Crippen molar-refractivity contribution in [2.75, 3.05) is 5.32 Å². The highest BCUT2D eigenvalue weighted by atomic mass is 32.1. The molecule has 80 valence electrons. The number of hydrogen-bond acceptors (Lipinski definition) is 2. The molecule has 0 radical (unpaired) electrons. The van der Waals surface area contributed by atoms with Gasteiger partial charge in [0.1, 0.15) is 10.7 Å². The predicted molar refractivity (Wildman–Crippen MR) is 70.7 cm³/mol. The first-order valence-corrected chi connectivity index (χ1v) is 5.46. The maximum Gasteiger partial charge on any atom is 0.129 e. The van der Waals surface area contributed by atoms with E-state index in [0.717, 1.165) is 16.9 Å². The van der Waals surface area contributed by atoms with E-state index in [2.05, 4.69) is 10.3 Å². The second-order valence-corrected chi connectivity index (χ2v) is 3.90. The van der Waals surface area contributed by atoms with Crippen molar-refractivity contribution in [2.24, 2.45) is 0 Å². The van der Waals surface area contributed by atoms with Crippen molar-refractivity contribution in [2.45, 2.75) is 6.92 Å². The lowest BCUT2D eigenvalue weighted by Crippen LogP contribution is -2.13. The van der Waals surface area contributed by atoms with Crippen LogP contribution in [-0.4, -0.2) is 9.97 Å². The van der Waals surface area contributed by atoms with E-state index in [1.54, 1.807) is 6.20 Å². The molecule has 3 heteroatoms. The second-order valence-electron chi connectivity index (χ2n) is 3.49. The molecule has 2 aromatic rings. The van der Waals surface area contributed by atoms with E-state index < -0.39 is 0 Å². The molecule has 1 aromatic carbocycles. The summed E-state index contributed by atoms with van der Waals surface area (Å²) in [5.74, 6) is 0. The monoisotopic (exact) mass is 228 g/mol. The van der Waals surface area contributed by atoms with Crippen molar-refractivity contribution in [1.29, 1.82) is 0 Å². The van der Waals surface area contributed by atoms with Crippen LogP contribution in [0.2, 0.25) is 0 Å². The van der Waals surface area contributed by atoms with Gasteiger partial charge < -0.3 is 5.32 Å². The fourth-order valence-electron chi connectivity index (χ4n) is 1.44. The summed E-state index contributed by atoms with van der Waals surface area (Å²) in [6.45, 7) is 2.00. The van der Waals surface area contributed by atoms with Gasteiger partial charge in [-0.3, -0.25) is 4.98 Å². The number of pyridine rings is 1. The first-order valence-electron chi connectivity index (χ1n) is 5.05. The third kappa shape index (κ3) is 2.44. The maximum atomic E-state index is 5.32. The Morgan fingerprint density at radius 2 is 1.88 bits per heavy atom. The van der Waals surface area contributed by atoms with E-state index in [4.69, 9.17) is 12.2 Å². The second kappa shape index (κ2) is 4.86. The fraction of sp³-hybridized carbons (Fsp3) is 0.0769. The van der Waals surface area contributed by atoms with Crippen LogP contribution >= 0.6 is 12.2 Å². The minimum atomic E-state index is 0.657. The van der Waals surface area contributed by atoms with Gasteiger partial charge >= 0.3 is 0 Å². The van der Waals surface area contributed by atoms with Crippen LogP contribution in [0, 0.1) is 6.92 Å². The molecule has 0 spiro atoms. The number of aryl methyl sites for hydroxylation is 1. The molecule has 0 aliphatic carbocycles. The van der Waals surface area contributed by atoms with Gasteiger partial charge in [0.05, 0.1) is 0 Å². The maximum absolute atomic E-state index is 5.32. The zero-order valence-corrected chi connectivity index (χ0v) is 9.79. The molecule has 1 N–H and O–H groups in total. The number of para-hydroxylation sites is 1. The van der Waals surface area contributed by atoms with Crippen molar-refractivity contribution in [1.82, 2.24) is 4.98 Å². The van der Waals surface area contributed by atoms with Crippen LogP contribution in [0.1, 0.15) is 11.3 Å². The van der Waals surface area contributed by atoms with E-state index >= 15 is 0 Å². The van der Waals surface area contributed by atoms with Gasteiger partial charge in [0, 0.05) is 11.9 Å². The molecular formula is C13H12N2S. The smallest absolute Gasteiger partial charge is 0.129 e. The fourth-order valence-corrected chi connectivity index (χ4v) is 1.77. The summed E-state index contributed by atoms with van der Waals surface area (Å²) < 4.78 is 0. The normalized spacial score (nSPS) is 9.81. The molecule has 0 saturated heterocycles. The number of nitrogens with one attached hydrogen (secondary N) is 1. The van der Waals surface area contributed by atoms with E-state index in [0.29, 0.717) is 4.99 Å². The summed E-state index contributed by atoms with van der Waals surface area (Å²) in [6, 6.07) is 13.8. The van der Waals surface area contributed by atoms with Gasteiger partial charge in [-0.25, -0.2) is 0 Å². The van der Waals surface area contributed by atoms with Gasteiger partial charge in [-0.2, -0.15) is 0 Å². The molecule has 0 atom stereocenters. The molecule has 0 saturated carbocycles. The molecule has 0 amide bonds. The van der Waals surface area contributed by atoms with Crippen LogP contribution in [0.3, 0.4) is 0 Å². The molecule has 0 aliphatic heterocycles. The van der Waals surface area contributed by atoms with Crippen molar-refractivity contribution < 1.29 is 0 Å². The average Bonchev–Trinajstić information content (AvgIpc) is 2.31. The Kier molecular flexibility index (Phi) is 3.27. The standard InChI is InChI=1S/C13H12N2S/c1-10-6-5-9-14-12(10)13(16)15-11-7-3-2-4-8-11/h2-9H,1H3,(H,15,16). The zero-order valence-electron chi connectivity index (χ0n) is 8.97. The minimum Gasteiger partial charge on any atom is -0.345 e. The van der Waals surface area contributed by atoms with Crippen LogP contribution in [0.4, 0.5) is 5.69 Å². The Bertz CT molecular complexity index is 494. The Labute approximate surface area is 100 Å². The highest BCUT2D eigenvalue weighted by Gasteiger charge is 2.05. The molecule has 1 heterocycles. The number of hydrogen-bond donors (Lipinski definition) is 1. The number of anilines is 1. The summed E-state index contributed by atoms with van der Waals surface area (Å²) >= 11 is 5.32. The van der Waals surface area contributed by atoms with Crippen LogP contribution in [0.5, 0.6) is 0 Å². The number of benzene rings is 1. The van der Waals surface area contributed by atoms with Gasteiger partial charge in [0.2, 0.25) is 0 Å². The van der Waals surface area contributed by atoms with Gasteiger partial charge in [-0.05, 0) is 30.7 Å². The lowest BCUT2D eigenvalue weighted by molar-refractivity contribution is 1.24. The highest BCUT2D eigenvalue weighted by Crippen LogP contribution is 2.10. The van der Waals surface area contributed by atoms with Gasteiger partial charge in [-0.15, -0.1) is 0 Å². The number of aromatic nitrogens is 1. The van der Waals surface area contributed by atoms with Crippen LogP contribution < -0.4 is 5.32 Å². The summed E-state index contributed by atoms with van der Waals surface area (Å²) in [6.07, 6.45) is 1.75. The van der Waals surface area contributed by atoms with Crippen LogP contribution in [-0.2, 0) is 0 Å². The third-order valence-electron chi connectivity index (χ3n) is 2.26. The Morgan fingerprint density at radius 3 is 2.56 bits per heavy atom. The highest BCUT2D eigenvalue weighted by molar-refractivity contribution is 7.81. The molecule has 0 unspecified atom stereocenters. The molecule has 0 bridgehead atoms. The minimum absolute atomic E-state index is 0.657. The molecule has 2 nitrogen and oxygen atoms in total. The van der Waals surface area contributed by atoms with Gasteiger partial charge in [0.15, 0.2) is 0 Å². The Hall–Kier alpha value is -1.74. The Balaban J connectivity index is 2.19. The topological polar surface area (TPSA) is 24.9 Å². The van der Waals surface area contributed by atoms with Crippen LogP contribution in [0.25, 0.3) is 0 Å². The summed E-state index contributed by atoms with van der Waals surface area (Å²) in [5, 5.41) is 3.17. The summed E-state index contributed by atoms with van der Waals surface area (Å²) in [4.78, 5) is 4.93. The largest absolute Gasteiger partial charge is 0.345 e. The van der Waals surface area contributed by atoms with Gasteiger partial charge in [0.25, 0.3) is 0 Å². The first kappa shape index (κ1) is 10.8. The first-order chi connectivity index (χ1) is 7.77. The number of rotatable bonds is 2. The number of nitrogens with zero attached hydrogens (tertiary/aromatic N) is 1. The molecular weight excluding hydrogens is 216 g/mol. The molecule has 1 aromatic heterocycles. The van der Waals surface area contributed by atoms with Gasteiger partial charge in [-0.1, -0.05) is 36.5 Å². The van der Waals surface area contributed by atoms with E-state index in [1.807, 2.05) is 49.4 Å². The quantitative estimate of drug-likeness (QED) is 0.799. The molecule has 16 heavy (non-hydrogen) atoms. The van der Waals surface area contributed by atoms with Crippen molar-refractivity contribution in [3.63, 3.8) is 0 Å². The number of thiocarbonyl (C=S) groups is 1. The lowest BCUT2D eigenvalue weighted by Gasteiger charge is -2.08. The Morgan fingerprint density at radius 1 is 1.12 bits per heavy atom. The zero-order chi connectivity index (χ0) is 11.4. The predicted octanol–water partition coefficient (Wildman–Crippen LogP) is 3.18. The van der Waals surface area contributed by atoms with Crippen molar-refractivity contribution in [3.8, 4) is 0 Å². The van der Waals surface area contributed by atoms with E-state index in [9.17, 15) is 0 Å².